The van der Waals surface area contributed by atoms with Crippen molar-refractivity contribution < 1.29 is 9.90 Å². The van der Waals surface area contributed by atoms with Crippen LogP contribution in [0.25, 0.3) is 0 Å². The van der Waals surface area contributed by atoms with Gasteiger partial charge < -0.3 is 5.11 Å². The van der Waals surface area contributed by atoms with Crippen LogP contribution in [-0.2, 0) is 4.79 Å². The third-order valence-corrected chi connectivity index (χ3v) is 2.71. The molecule has 1 amide bonds. The lowest BCUT2D eigenvalue weighted by Gasteiger charge is -2.29. The fraction of sp³-hybridized carbons (Fsp3) is 0.417. The summed E-state index contributed by atoms with van der Waals surface area (Å²) in [6, 6.07) is 7.41. The molecule has 1 atom stereocenters. The Balaban J connectivity index is 2.34. The number of amides is 1. The lowest BCUT2D eigenvalue weighted by molar-refractivity contribution is -0.120. The molecular formula is C12H16N2O2. The number of rotatable bonds is 2. The second-order valence-corrected chi connectivity index (χ2v) is 3.98. The zero-order valence-electron chi connectivity index (χ0n) is 9.31. The number of aliphatic hydroxyl groups is 1. The summed E-state index contributed by atoms with van der Waals surface area (Å²) in [5, 5.41) is 11.2. The van der Waals surface area contributed by atoms with E-state index in [0.29, 0.717) is 6.42 Å². The predicted molar refractivity (Wildman–Crippen MR) is 61.8 cm³/mol. The predicted octanol–water partition coefficient (Wildman–Crippen LogP) is 1.37. The van der Waals surface area contributed by atoms with Crippen LogP contribution >= 0.6 is 0 Å². The van der Waals surface area contributed by atoms with Crippen LogP contribution in [0.3, 0.4) is 0 Å². The minimum Gasteiger partial charge on any atom is -0.389 e. The average molecular weight is 220 g/mol. The van der Waals surface area contributed by atoms with E-state index in [-0.39, 0.29) is 5.91 Å². The molecule has 1 fully saturated rings. The van der Waals surface area contributed by atoms with E-state index in [9.17, 15) is 9.90 Å². The number of anilines is 1. The standard InChI is InChI=1S/C12H16N2O2/c1-9(15)10-5-2-3-6-11(10)14-12(16)7-4-8-13-14/h2-3,5-6,9,13,15H,4,7-8H2,1H3. The summed E-state index contributed by atoms with van der Waals surface area (Å²) < 4.78 is 0. The highest BCUT2D eigenvalue weighted by atomic mass is 16.3. The van der Waals surface area contributed by atoms with Crippen molar-refractivity contribution in [2.45, 2.75) is 25.9 Å². The Morgan fingerprint density at radius 1 is 1.44 bits per heavy atom. The van der Waals surface area contributed by atoms with Gasteiger partial charge in [-0.2, -0.15) is 0 Å². The summed E-state index contributed by atoms with van der Waals surface area (Å²) in [4.78, 5) is 11.8. The van der Waals surface area contributed by atoms with E-state index in [1.54, 1.807) is 11.9 Å². The van der Waals surface area contributed by atoms with Gasteiger partial charge >= 0.3 is 0 Å². The van der Waals surface area contributed by atoms with Crippen molar-refractivity contribution in [2.75, 3.05) is 11.6 Å². The maximum Gasteiger partial charge on any atom is 0.241 e. The van der Waals surface area contributed by atoms with E-state index < -0.39 is 6.10 Å². The third kappa shape index (κ3) is 2.08. The zero-order valence-corrected chi connectivity index (χ0v) is 9.31. The largest absolute Gasteiger partial charge is 0.389 e. The van der Waals surface area contributed by atoms with Gasteiger partial charge in [0.2, 0.25) is 5.91 Å². The van der Waals surface area contributed by atoms with Gasteiger partial charge in [-0.25, -0.2) is 10.4 Å². The lowest BCUT2D eigenvalue weighted by Crippen LogP contribution is -2.47. The number of hydrogen-bond donors (Lipinski definition) is 2. The minimum absolute atomic E-state index is 0.0550. The number of hydrogen-bond acceptors (Lipinski definition) is 3. The van der Waals surface area contributed by atoms with Crippen LogP contribution in [0.2, 0.25) is 0 Å². The van der Waals surface area contributed by atoms with E-state index in [1.165, 1.54) is 0 Å². The highest BCUT2D eigenvalue weighted by molar-refractivity contribution is 5.93. The molecule has 0 saturated carbocycles. The first-order valence-corrected chi connectivity index (χ1v) is 5.53. The molecule has 0 bridgehead atoms. The molecular weight excluding hydrogens is 204 g/mol. The van der Waals surface area contributed by atoms with E-state index in [0.717, 1.165) is 24.2 Å². The van der Waals surface area contributed by atoms with E-state index in [4.69, 9.17) is 0 Å². The van der Waals surface area contributed by atoms with Gasteiger partial charge in [0, 0.05) is 18.5 Å². The molecule has 0 aromatic heterocycles. The molecule has 86 valence electrons. The second-order valence-electron chi connectivity index (χ2n) is 3.98. The highest BCUT2D eigenvalue weighted by Gasteiger charge is 2.22. The van der Waals surface area contributed by atoms with Crippen LogP contribution in [-0.4, -0.2) is 17.6 Å². The van der Waals surface area contributed by atoms with Crippen LogP contribution in [0, 0.1) is 0 Å². The first kappa shape index (κ1) is 11.1. The number of nitrogens with one attached hydrogen (secondary N) is 1. The molecule has 1 aromatic rings. The molecule has 1 unspecified atom stereocenters. The van der Waals surface area contributed by atoms with Gasteiger partial charge in [0.15, 0.2) is 0 Å². The second kappa shape index (κ2) is 4.63. The fourth-order valence-corrected chi connectivity index (χ4v) is 1.89. The molecule has 4 heteroatoms. The average Bonchev–Trinajstić information content (AvgIpc) is 2.29. The molecule has 4 nitrogen and oxygen atoms in total. The number of para-hydroxylation sites is 1. The normalized spacial score (nSPS) is 18.6. The van der Waals surface area contributed by atoms with E-state index in [1.807, 2.05) is 24.3 Å². The summed E-state index contributed by atoms with van der Waals surface area (Å²) in [6.07, 6.45) is 0.848. The Kier molecular flexibility index (Phi) is 3.22. The maximum atomic E-state index is 11.8. The van der Waals surface area contributed by atoms with Crippen molar-refractivity contribution in [1.29, 1.82) is 0 Å². The number of carbonyl (C=O) groups is 1. The van der Waals surface area contributed by atoms with Gasteiger partial charge in [-0.1, -0.05) is 18.2 Å². The van der Waals surface area contributed by atoms with Crippen molar-refractivity contribution in [3.05, 3.63) is 29.8 Å². The molecule has 1 saturated heterocycles. The van der Waals surface area contributed by atoms with Gasteiger partial charge in [0.25, 0.3) is 0 Å². The Morgan fingerprint density at radius 2 is 2.19 bits per heavy atom. The van der Waals surface area contributed by atoms with Gasteiger partial charge in [-0.05, 0) is 19.4 Å². The highest BCUT2D eigenvalue weighted by Crippen LogP contribution is 2.26. The maximum absolute atomic E-state index is 11.8. The molecule has 1 aliphatic heterocycles. The zero-order chi connectivity index (χ0) is 11.5. The van der Waals surface area contributed by atoms with Crippen LogP contribution < -0.4 is 10.4 Å². The van der Waals surface area contributed by atoms with E-state index in [2.05, 4.69) is 5.43 Å². The summed E-state index contributed by atoms with van der Waals surface area (Å²) in [7, 11) is 0. The fourth-order valence-electron chi connectivity index (χ4n) is 1.89. The summed E-state index contributed by atoms with van der Waals surface area (Å²) in [5.41, 5.74) is 4.57. The smallest absolute Gasteiger partial charge is 0.241 e. The topological polar surface area (TPSA) is 52.6 Å². The molecule has 2 N–H and O–H groups in total. The SMILES string of the molecule is CC(O)c1ccccc1N1NCCCC1=O. The van der Waals surface area contributed by atoms with Gasteiger partial charge in [-0.15, -0.1) is 0 Å². The number of benzene rings is 1. The van der Waals surface area contributed by atoms with Crippen molar-refractivity contribution in [2.24, 2.45) is 0 Å². The van der Waals surface area contributed by atoms with Crippen molar-refractivity contribution >= 4 is 11.6 Å². The molecule has 0 spiro atoms. The lowest BCUT2D eigenvalue weighted by atomic mass is 10.1. The summed E-state index contributed by atoms with van der Waals surface area (Å²) in [5.74, 6) is 0.0550. The Bertz CT molecular complexity index is 390. The van der Waals surface area contributed by atoms with Gasteiger partial charge in [0.1, 0.15) is 0 Å². The van der Waals surface area contributed by atoms with Crippen LogP contribution in [0.5, 0.6) is 0 Å². The number of carbonyl (C=O) groups excluding carboxylic acids is 1. The van der Waals surface area contributed by atoms with Crippen molar-refractivity contribution in [3.8, 4) is 0 Å². The Morgan fingerprint density at radius 3 is 2.88 bits per heavy atom. The van der Waals surface area contributed by atoms with Crippen molar-refractivity contribution in [1.82, 2.24) is 5.43 Å². The molecule has 0 aliphatic carbocycles. The molecule has 16 heavy (non-hydrogen) atoms. The molecule has 1 heterocycles. The number of hydrazine groups is 1. The number of aliphatic hydroxyl groups excluding tert-OH is 1. The monoisotopic (exact) mass is 220 g/mol. The van der Waals surface area contributed by atoms with E-state index >= 15 is 0 Å². The quantitative estimate of drug-likeness (QED) is 0.791. The minimum atomic E-state index is -0.576. The number of nitrogens with zero attached hydrogens (tertiary/aromatic N) is 1. The molecule has 1 aromatic carbocycles. The van der Waals surface area contributed by atoms with Crippen molar-refractivity contribution in [3.63, 3.8) is 0 Å². The van der Waals surface area contributed by atoms with Gasteiger partial charge in [-0.3, -0.25) is 4.79 Å². The van der Waals surface area contributed by atoms with Gasteiger partial charge in [0.05, 0.1) is 11.8 Å². The van der Waals surface area contributed by atoms with Crippen LogP contribution in [0.15, 0.2) is 24.3 Å². The van der Waals surface area contributed by atoms with Crippen LogP contribution in [0.4, 0.5) is 5.69 Å². The molecule has 0 radical (unpaired) electrons. The Labute approximate surface area is 94.9 Å². The molecule has 1 aliphatic rings. The summed E-state index contributed by atoms with van der Waals surface area (Å²) >= 11 is 0. The first-order valence-electron chi connectivity index (χ1n) is 5.53. The van der Waals surface area contributed by atoms with Crippen LogP contribution in [0.1, 0.15) is 31.4 Å². The first-order chi connectivity index (χ1) is 7.70. The Hall–Kier alpha value is -1.39. The summed E-state index contributed by atoms with van der Waals surface area (Å²) in [6.45, 7) is 2.49. The third-order valence-electron chi connectivity index (χ3n) is 2.71. The molecule has 2 rings (SSSR count).